The van der Waals surface area contributed by atoms with Crippen molar-refractivity contribution in [2.24, 2.45) is 5.16 Å². The van der Waals surface area contributed by atoms with Crippen molar-refractivity contribution in [1.82, 2.24) is 0 Å². The molecule has 0 bridgehead atoms. The molecule has 0 aliphatic rings. The average Bonchev–Trinajstić information content (AvgIpc) is 2.20. The van der Waals surface area contributed by atoms with E-state index >= 15 is 0 Å². The van der Waals surface area contributed by atoms with Gasteiger partial charge in [0.15, 0.2) is 0 Å². The summed E-state index contributed by atoms with van der Waals surface area (Å²) in [6.07, 6.45) is -4.46. The van der Waals surface area contributed by atoms with E-state index < -0.39 is 6.36 Å². The van der Waals surface area contributed by atoms with E-state index in [4.69, 9.17) is 5.21 Å². The molecule has 0 unspecified atom stereocenters. The molecule has 16 heavy (non-hydrogen) atoms. The second kappa shape index (κ2) is 4.87. The van der Waals surface area contributed by atoms with Gasteiger partial charge in [0.05, 0.1) is 5.71 Å². The molecule has 0 radical (unpaired) electrons. The van der Waals surface area contributed by atoms with Gasteiger partial charge in [0.25, 0.3) is 0 Å². The molecule has 0 amide bonds. The van der Waals surface area contributed by atoms with Crippen LogP contribution >= 0.6 is 0 Å². The summed E-state index contributed by atoms with van der Waals surface area (Å²) in [7, 11) is 0. The monoisotopic (exact) mass is 233 g/mol. The predicted molar refractivity (Wildman–Crippen MR) is 51.7 cm³/mol. The van der Waals surface area contributed by atoms with Crippen molar-refractivity contribution < 1.29 is 23.1 Å². The van der Waals surface area contributed by atoms with Crippen LogP contribution in [0.25, 0.3) is 0 Å². The smallest absolute Gasteiger partial charge is 0.411 e. The van der Waals surface area contributed by atoms with E-state index in [2.05, 4.69) is 9.89 Å². The Labute approximate surface area is 90.1 Å². The van der Waals surface area contributed by atoms with Gasteiger partial charge in [-0.15, -0.1) is 13.2 Å². The maximum absolute atomic E-state index is 12.1. The fourth-order valence-corrected chi connectivity index (χ4v) is 1.23. The Morgan fingerprint density at radius 1 is 1.38 bits per heavy atom. The number of oxime groups is 1. The number of halogens is 3. The lowest BCUT2D eigenvalue weighted by Crippen LogP contribution is -2.19. The Bertz CT molecular complexity index is 388. The van der Waals surface area contributed by atoms with Gasteiger partial charge in [0, 0.05) is 5.56 Å². The zero-order valence-corrected chi connectivity index (χ0v) is 8.45. The maximum Gasteiger partial charge on any atom is 0.573 e. The van der Waals surface area contributed by atoms with Gasteiger partial charge in [-0.1, -0.05) is 24.2 Å². The van der Waals surface area contributed by atoms with Crippen molar-refractivity contribution in [1.29, 1.82) is 0 Å². The first kappa shape index (κ1) is 12.4. The third-order valence-electron chi connectivity index (χ3n) is 1.88. The Morgan fingerprint density at radius 3 is 2.50 bits per heavy atom. The molecular formula is C10H10F3NO2. The topological polar surface area (TPSA) is 41.8 Å². The van der Waals surface area contributed by atoms with Crippen LogP contribution in [-0.2, 0) is 0 Å². The fourth-order valence-electron chi connectivity index (χ4n) is 1.23. The SMILES string of the molecule is CCC(=NO)c1ccccc1OC(F)(F)F. The zero-order valence-electron chi connectivity index (χ0n) is 8.45. The molecule has 0 spiro atoms. The average molecular weight is 233 g/mol. The van der Waals surface area contributed by atoms with Crippen LogP contribution in [0.5, 0.6) is 5.75 Å². The van der Waals surface area contributed by atoms with Crippen molar-refractivity contribution >= 4 is 5.71 Å². The van der Waals surface area contributed by atoms with Gasteiger partial charge in [0.2, 0.25) is 0 Å². The lowest BCUT2D eigenvalue weighted by Gasteiger charge is -2.12. The van der Waals surface area contributed by atoms with Crippen LogP contribution < -0.4 is 4.74 Å². The highest BCUT2D eigenvalue weighted by Gasteiger charge is 2.32. The van der Waals surface area contributed by atoms with Crippen LogP contribution in [0.2, 0.25) is 0 Å². The molecule has 0 aromatic heterocycles. The molecule has 6 heteroatoms. The molecule has 0 fully saturated rings. The fraction of sp³-hybridized carbons (Fsp3) is 0.300. The third-order valence-corrected chi connectivity index (χ3v) is 1.88. The van der Waals surface area contributed by atoms with E-state index in [9.17, 15) is 13.2 Å². The lowest BCUT2D eigenvalue weighted by atomic mass is 10.1. The number of hydrogen-bond acceptors (Lipinski definition) is 3. The highest BCUT2D eigenvalue weighted by molar-refractivity contribution is 6.02. The van der Waals surface area contributed by atoms with Crippen LogP contribution in [-0.4, -0.2) is 17.3 Å². The van der Waals surface area contributed by atoms with E-state index in [1.54, 1.807) is 13.0 Å². The van der Waals surface area contributed by atoms with Gasteiger partial charge >= 0.3 is 6.36 Å². The minimum absolute atomic E-state index is 0.129. The quantitative estimate of drug-likeness (QED) is 0.495. The molecule has 0 heterocycles. The van der Waals surface area contributed by atoms with Gasteiger partial charge in [-0.2, -0.15) is 0 Å². The minimum Gasteiger partial charge on any atom is -0.411 e. The van der Waals surface area contributed by atoms with Crippen LogP contribution in [0.3, 0.4) is 0 Å². The second-order valence-electron chi connectivity index (χ2n) is 2.94. The first-order valence-electron chi connectivity index (χ1n) is 4.54. The molecule has 0 saturated heterocycles. The molecule has 1 aromatic rings. The number of alkyl halides is 3. The number of rotatable bonds is 3. The summed E-state index contributed by atoms with van der Waals surface area (Å²) in [6.45, 7) is 1.67. The number of para-hydroxylation sites is 1. The zero-order chi connectivity index (χ0) is 12.2. The van der Waals surface area contributed by atoms with Gasteiger partial charge < -0.3 is 9.94 Å². The predicted octanol–water partition coefficient (Wildman–Crippen LogP) is 3.17. The van der Waals surface area contributed by atoms with E-state index in [1.807, 2.05) is 0 Å². The summed E-state index contributed by atoms with van der Waals surface area (Å²) < 4.78 is 40.0. The molecule has 1 N–H and O–H groups in total. The molecular weight excluding hydrogens is 223 g/mol. The van der Waals surface area contributed by atoms with Crippen LogP contribution in [0.1, 0.15) is 18.9 Å². The summed E-state index contributed by atoms with van der Waals surface area (Å²) in [5.41, 5.74) is 0.268. The van der Waals surface area contributed by atoms with E-state index in [0.717, 1.165) is 0 Å². The molecule has 3 nitrogen and oxygen atoms in total. The Morgan fingerprint density at radius 2 is 2.00 bits per heavy atom. The van der Waals surface area contributed by atoms with Crippen molar-refractivity contribution in [3.05, 3.63) is 29.8 Å². The van der Waals surface area contributed by atoms with Crippen molar-refractivity contribution in [2.45, 2.75) is 19.7 Å². The Hall–Kier alpha value is -1.72. The molecule has 0 aliphatic carbocycles. The second-order valence-corrected chi connectivity index (χ2v) is 2.94. The molecule has 88 valence electrons. The van der Waals surface area contributed by atoms with Crippen LogP contribution in [0, 0.1) is 0 Å². The van der Waals surface area contributed by atoms with Crippen molar-refractivity contribution in [2.75, 3.05) is 0 Å². The summed E-state index contributed by atoms with van der Waals surface area (Å²) in [5, 5.41) is 11.6. The number of nitrogens with zero attached hydrogens (tertiary/aromatic N) is 1. The number of ether oxygens (including phenoxy) is 1. The van der Waals surface area contributed by atoms with Crippen molar-refractivity contribution in [3.63, 3.8) is 0 Å². The Balaban J connectivity index is 3.10. The normalized spacial score (nSPS) is 12.6. The van der Waals surface area contributed by atoms with Crippen molar-refractivity contribution in [3.8, 4) is 5.75 Å². The van der Waals surface area contributed by atoms with Crippen LogP contribution in [0.4, 0.5) is 13.2 Å². The number of hydrogen-bond donors (Lipinski definition) is 1. The molecule has 0 aliphatic heterocycles. The molecule has 0 atom stereocenters. The Kier molecular flexibility index (Phi) is 3.76. The minimum atomic E-state index is -4.76. The van der Waals surface area contributed by atoms with E-state index in [0.29, 0.717) is 6.42 Å². The largest absolute Gasteiger partial charge is 0.573 e. The lowest BCUT2D eigenvalue weighted by molar-refractivity contribution is -0.274. The molecule has 0 saturated carbocycles. The summed E-state index contributed by atoms with van der Waals surface area (Å²) in [6, 6.07) is 5.53. The van der Waals surface area contributed by atoms with Gasteiger partial charge in [-0.05, 0) is 18.6 Å². The first-order valence-corrected chi connectivity index (χ1v) is 4.54. The van der Waals surface area contributed by atoms with Gasteiger partial charge in [-0.25, -0.2) is 0 Å². The molecule has 1 aromatic carbocycles. The highest BCUT2D eigenvalue weighted by Crippen LogP contribution is 2.27. The van der Waals surface area contributed by atoms with Crippen LogP contribution in [0.15, 0.2) is 29.4 Å². The third kappa shape index (κ3) is 3.15. The maximum atomic E-state index is 12.1. The summed E-state index contributed by atoms with van der Waals surface area (Å²) in [5.74, 6) is -0.371. The number of benzene rings is 1. The first-order chi connectivity index (χ1) is 7.48. The summed E-state index contributed by atoms with van der Waals surface area (Å²) >= 11 is 0. The van der Waals surface area contributed by atoms with E-state index in [1.165, 1.54) is 18.2 Å². The summed E-state index contributed by atoms with van der Waals surface area (Å²) in [4.78, 5) is 0. The highest BCUT2D eigenvalue weighted by atomic mass is 19.4. The van der Waals surface area contributed by atoms with Gasteiger partial charge in [-0.3, -0.25) is 0 Å². The molecule has 1 rings (SSSR count). The van der Waals surface area contributed by atoms with E-state index in [-0.39, 0.29) is 17.0 Å². The standard InChI is InChI=1S/C10H10F3NO2/c1-2-8(14-15)7-5-3-4-6-9(7)16-10(11,12)13/h3-6,15H,2H2,1H3. The van der Waals surface area contributed by atoms with Gasteiger partial charge in [0.1, 0.15) is 5.75 Å².